The Hall–Kier alpha value is -2.16. The Labute approximate surface area is 169 Å². The van der Waals surface area contributed by atoms with Crippen LogP contribution in [0.3, 0.4) is 0 Å². The molecule has 2 aromatic heterocycles. The molecule has 3 heterocycles. The Morgan fingerprint density at radius 1 is 1.26 bits per heavy atom. The second-order valence-corrected chi connectivity index (χ2v) is 6.33. The van der Waals surface area contributed by atoms with Crippen molar-refractivity contribution in [2.75, 3.05) is 13.1 Å². The highest BCUT2D eigenvalue weighted by atomic mass is 35.5. The molecule has 1 saturated heterocycles. The van der Waals surface area contributed by atoms with Crippen molar-refractivity contribution < 1.29 is 4.79 Å². The molecule has 1 fully saturated rings. The summed E-state index contributed by atoms with van der Waals surface area (Å²) in [4.78, 5) is 20.1. The normalized spacial score (nSPS) is 14.4. The van der Waals surface area contributed by atoms with E-state index in [1.807, 2.05) is 35.9 Å². The van der Waals surface area contributed by atoms with Gasteiger partial charge in [-0.15, -0.1) is 29.9 Å². The maximum atomic E-state index is 12.5. The number of hydrogen-bond acceptors (Lipinski definition) is 5. The van der Waals surface area contributed by atoms with Crippen LogP contribution in [0.15, 0.2) is 24.3 Å². The van der Waals surface area contributed by atoms with Crippen molar-refractivity contribution in [1.82, 2.24) is 35.6 Å². The number of rotatable bonds is 4. The van der Waals surface area contributed by atoms with Gasteiger partial charge in [-0.05, 0) is 45.0 Å². The Morgan fingerprint density at radius 3 is 2.74 bits per heavy atom. The summed E-state index contributed by atoms with van der Waals surface area (Å²) in [7, 11) is 0. The molecule has 10 heteroatoms. The van der Waals surface area contributed by atoms with E-state index in [0.717, 1.165) is 48.5 Å². The third kappa shape index (κ3) is 4.40. The molecule has 1 aliphatic heterocycles. The van der Waals surface area contributed by atoms with E-state index < -0.39 is 0 Å². The molecular weight excluding hydrogens is 389 g/mol. The van der Waals surface area contributed by atoms with Gasteiger partial charge in [0.1, 0.15) is 5.82 Å². The molecular formula is C17H23Cl2N7O. The minimum Gasteiger partial charge on any atom is -0.343 e. The summed E-state index contributed by atoms with van der Waals surface area (Å²) in [6.07, 6.45) is 2.01. The summed E-state index contributed by atoms with van der Waals surface area (Å²) in [5.41, 5.74) is 3.04. The van der Waals surface area contributed by atoms with E-state index in [4.69, 9.17) is 0 Å². The average Bonchev–Trinajstić information content (AvgIpc) is 3.23. The van der Waals surface area contributed by atoms with Gasteiger partial charge in [0.25, 0.3) is 5.91 Å². The number of amides is 1. The Bertz CT molecular complexity index is 869. The number of nitrogens with zero attached hydrogens (tertiary/aromatic N) is 4. The summed E-state index contributed by atoms with van der Waals surface area (Å²) in [5.74, 6) is 0.496. The van der Waals surface area contributed by atoms with Gasteiger partial charge in [0.2, 0.25) is 0 Å². The largest absolute Gasteiger partial charge is 0.343 e. The molecule has 1 aromatic carbocycles. The topological polar surface area (TPSA) is 101 Å². The quantitative estimate of drug-likeness (QED) is 0.610. The van der Waals surface area contributed by atoms with Gasteiger partial charge in [-0.2, -0.15) is 0 Å². The molecule has 0 atom stereocenters. The average molecular weight is 412 g/mol. The van der Waals surface area contributed by atoms with Crippen molar-refractivity contribution in [3.63, 3.8) is 0 Å². The number of nitrogens with one attached hydrogen (secondary N) is 3. The lowest BCUT2D eigenvalue weighted by Gasteiger charge is -2.23. The fourth-order valence-electron chi connectivity index (χ4n) is 3.29. The number of carbonyl (C=O) groups excluding carboxylic acids is 1. The number of carbonyl (C=O) groups is 1. The van der Waals surface area contributed by atoms with Crippen LogP contribution in [0.1, 0.15) is 40.9 Å². The third-order valence-electron chi connectivity index (χ3n) is 4.65. The van der Waals surface area contributed by atoms with E-state index in [2.05, 4.69) is 30.9 Å². The minimum absolute atomic E-state index is 0. The first-order chi connectivity index (χ1) is 12.2. The molecule has 27 heavy (non-hydrogen) atoms. The molecule has 146 valence electrons. The van der Waals surface area contributed by atoms with Crippen LogP contribution in [0.4, 0.5) is 0 Å². The second kappa shape index (κ2) is 9.16. The van der Waals surface area contributed by atoms with Crippen LogP contribution >= 0.6 is 24.8 Å². The first-order valence-corrected chi connectivity index (χ1v) is 8.56. The van der Waals surface area contributed by atoms with Crippen LogP contribution in [0.5, 0.6) is 0 Å². The predicted octanol–water partition coefficient (Wildman–Crippen LogP) is 2.16. The third-order valence-corrected chi connectivity index (χ3v) is 4.65. The van der Waals surface area contributed by atoms with Crippen LogP contribution in [0.2, 0.25) is 0 Å². The summed E-state index contributed by atoms with van der Waals surface area (Å²) >= 11 is 0. The van der Waals surface area contributed by atoms with Crippen molar-refractivity contribution in [2.45, 2.75) is 32.4 Å². The van der Waals surface area contributed by atoms with Gasteiger partial charge in [-0.3, -0.25) is 4.79 Å². The molecule has 0 saturated carbocycles. The van der Waals surface area contributed by atoms with E-state index in [1.165, 1.54) is 0 Å². The van der Waals surface area contributed by atoms with Gasteiger partial charge in [0, 0.05) is 0 Å². The summed E-state index contributed by atoms with van der Waals surface area (Å²) in [6.45, 7) is 4.17. The lowest BCUT2D eigenvalue weighted by atomic mass is 10.1. The van der Waals surface area contributed by atoms with Crippen molar-refractivity contribution in [3.05, 3.63) is 41.5 Å². The monoisotopic (exact) mass is 411 g/mol. The summed E-state index contributed by atoms with van der Waals surface area (Å²) < 4.78 is 1.89. The van der Waals surface area contributed by atoms with E-state index in [9.17, 15) is 4.79 Å². The number of hydrogen-bond donors (Lipinski definition) is 3. The van der Waals surface area contributed by atoms with E-state index in [-0.39, 0.29) is 30.7 Å². The summed E-state index contributed by atoms with van der Waals surface area (Å²) in [6, 6.07) is 8.10. The molecule has 0 radical (unpaired) electrons. The maximum Gasteiger partial charge on any atom is 0.274 e. The fourth-order valence-corrected chi connectivity index (χ4v) is 3.29. The van der Waals surface area contributed by atoms with E-state index in [0.29, 0.717) is 18.3 Å². The Kier molecular flexibility index (Phi) is 7.18. The fraction of sp³-hybridized carbons (Fsp3) is 0.412. The van der Waals surface area contributed by atoms with Crippen LogP contribution in [-0.4, -0.2) is 44.0 Å². The zero-order valence-electron chi connectivity index (χ0n) is 14.9. The highest BCUT2D eigenvalue weighted by molar-refractivity contribution is 5.93. The lowest BCUT2D eigenvalue weighted by Crippen LogP contribution is -2.30. The number of halogens is 2. The number of fused-ring (bicyclic) bond motifs is 1. The molecule has 0 spiro atoms. The first-order valence-electron chi connectivity index (χ1n) is 8.56. The molecule has 3 aromatic rings. The highest BCUT2D eigenvalue weighted by Crippen LogP contribution is 2.20. The van der Waals surface area contributed by atoms with Crippen molar-refractivity contribution in [2.24, 2.45) is 0 Å². The van der Waals surface area contributed by atoms with Crippen LogP contribution < -0.4 is 10.6 Å². The first kappa shape index (κ1) is 21.1. The Morgan fingerprint density at radius 2 is 2.00 bits per heavy atom. The highest BCUT2D eigenvalue weighted by Gasteiger charge is 2.22. The number of imidazole rings is 1. The number of benzene rings is 1. The van der Waals surface area contributed by atoms with Gasteiger partial charge in [-0.25, -0.2) is 9.67 Å². The van der Waals surface area contributed by atoms with Crippen molar-refractivity contribution >= 4 is 41.8 Å². The smallest absolute Gasteiger partial charge is 0.274 e. The van der Waals surface area contributed by atoms with Gasteiger partial charge >= 0.3 is 0 Å². The maximum absolute atomic E-state index is 12.5. The van der Waals surface area contributed by atoms with Crippen LogP contribution in [0.25, 0.3) is 11.0 Å². The zero-order chi connectivity index (χ0) is 17.2. The number of piperidine rings is 1. The summed E-state index contributed by atoms with van der Waals surface area (Å²) in [5, 5.41) is 14.5. The Balaban J connectivity index is 0.00000131. The second-order valence-electron chi connectivity index (χ2n) is 6.33. The van der Waals surface area contributed by atoms with Crippen molar-refractivity contribution in [1.29, 1.82) is 0 Å². The molecule has 4 rings (SSSR count). The molecule has 1 aliphatic rings. The number of aromatic nitrogens is 5. The number of H-pyrrole nitrogens is 1. The van der Waals surface area contributed by atoms with E-state index in [1.54, 1.807) is 0 Å². The van der Waals surface area contributed by atoms with Crippen LogP contribution in [0, 0.1) is 6.92 Å². The van der Waals surface area contributed by atoms with Crippen molar-refractivity contribution in [3.8, 4) is 0 Å². The van der Waals surface area contributed by atoms with E-state index >= 15 is 0 Å². The number of para-hydroxylation sites is 2. The molecule has 8 nitrogen and oxygen atoms in total. The lowest BCUT2D eigenvalue weighted by molar-refractivity contribution is 0.0944. The van der Waals surface area contributed by atoms with Gasteiger partial charge in [-0.1, -0.05) is 17.3 Å². The van der Waals surface area contributed by atoms with Gasteiger partial charge < -0.3 is 15.6 Å². The number of aromatic amines is 1. The molecule has 0 aliphatic carbocycles. The molecule has 0 unspecified atom stereocenters. The SMILES string of the molecule is Cc1c(C(=O)NCc2nc3ccccc3[nH]2)nnn1C1CCNCC1.Cl.Cl. The van der Waals surface area contributed by atoms with Gasteiger partial charge in [0.05, 0.1) is 29.3 Å². The molecule has 1 amide bonds. The molecule has 0 bridgehead atoms. The molecule has 3 N–H and O–H groups in total. The standard InChI is InChI=1S/C17H21N7O.2ClH/c1-11-16(22-23-24(11)12-6-8-18-9-7-12)17(25)19-10-15-20-13-4-2-3-5-14(13)21-15;;/h2-5,12,18H,6-10H2,1H3,(H,19,25)(H,20,21);2*1H. The zero-order valence-corrected chi connectivity index (χ0v) is 16.6. The van der Waals surface area contributed by atoms with Gasteiger partial charge in [0.15, 0.2) is 5.69 Å². The van der Waals surface area contributed by atoms with Crippen LogP contribution in [-0.2, 0) is 6.54 Å². The predicted molar refractivity (Wildman–Crippen MR) is 108 cm³/mol. The minimum atomic E-state index is -0.224.